The van der Waals surface area contributed by atoms with Gasteiger partial charge in [-0.2, -0.15) is 0 Å². The Kier molecular flexibility index (Phi) is 4.94. The molecule has 0 spiro atoms. The summed E-state index contributed by atoms with van der Waals surface area (Å²) >= 11 is 0. The van der Waals surface area contributed by atoms with Crippen LogP contribution in [0.1, 0.15) is 59.8 Å². The predicted octanol–water partition coefficient (Wildman–Crippen LogP) is 3.46. The van der Waals surface area contributed by atoms with Gasteiger partial charge in [0.05, 0.1) is 12.2 Å². The highest BCUT2D eigenvalue weighted by atomic mass is 16.3. The van der Waals surface area contributed by atoms with Crippen molar-refractivity contribution in [1.29, 1.82) is 0 Å². The molecule has 2 heteroatoms. The van der Waals surface area contributed by atoms with Crippen LogP contribution in [-0.2, 0) is 0 Å². The summed E-state index contributed by atoms with van der Waals surface area (Å²) in [6.45, 7) is 8.96. The molecule has 0 aliphatic heterocycles. The van der Waals surface area contributed by atoms with E-state index in [2.05, 4.69) is 27.7 Å². The summed E-state index contributed by atoms with van der Waals surface area (Å²) in [6, 6.07) is 0. The molecule has 2 saturated carbocycles. The van der Waals surface area contributed by atoms with Gasteiger partial charge in [0, 0.05) is 0 Å². The molecule has 0 aromatic rings. The Hall–Kier alpha value is -0.0800. The number of hydrogen-bond donors (Lipinski definition) is 2. The quantitative estimate of drug-likeness (QED) is 0.805. The van der Waals surface area contributed by atoms with Gasteiger partial charge in [-0.3, -0.25) is 0 Å². The average Bonchev–Trinajstić information content (AvgIpc) is 2.31. The van der Waals surface area contributed by atoms with Crippen LogP contribution in [0.15, 0.2) is 0 Å². The first-order valence-corrected chi connectivity index (χ1v) is 8.24. The van der Waals surface area contributed by atoms with E-state index < -0.39 is 0 Å². The molecule has 2 aliphatic rings. The van der Waals surface area contributed by atoms with Crippen molar-refractivity contribution >= 4 is 0 Å². The standard InChI is InChI=1S/C17H32O2/c1-10-5-12(3)16(18)14(7-10)9-15-8-11(2)6-13(4)17(15)19/h10-19H,5-9H2,1-4H3. The summed E-state index contributed by atoms with van der Waals surface area (Å²) in [5, 5.41) is 20.8. The highest BCUT2D eigenvalue weighted by Crippen LogP contribution is 2.42. The van der Waals surface area contributed by atoms with E-state index in [1.165, 1.54) is 0 Å². The molecule has 2 nitrogen and oxygen atoms in total. The lowest BCUT2D eigenvalue weighted by Gasteiger charge is -2.42. The number of aliphatic hydroxyl groups is 2. The van der Waals surface area contributed by atoms with Gasteiger partial charge in [-0.1, -0.05) is 27.7 Å². The second kappa shape index (κ2) is 6.13. The van der Waals surface area contributed by atoms with Crippen LogP contribution in [-0.4, -0.2) is 22.4 Å². The van der Waals surface area contributed by atoms with Gasteiger partial charge in [0.2, 0.25) is 0 Å². The molecule has 2 fully saturated rings. The van der Waals surface area contributed by atoms with E-state index in [0.29, 0.717) is 23.7 Å². The van der Waals surface area contributed by atoms with E-state index in [1.54, 1.807) is 0 Å². The summed E-state index contributed by atoms with van der Waals surface area (Å²) in [6.07, 6.45) is 5.28. The van der Waals surface area contributed by atoms with E-state index in [4.69, 9.17) is 0 Å². The topological polar surface area (TPSA) is 40.5 Å². The number of rotatable bonds is 2. The largest absolute Gasteiger partial charge is 0.393 e. The zero-order valence-corrected chi connectivity index (χ0v) is 13.0. The Morgan fingerprint density at radius 3 is 1.42 bits per heavy atom. The van der Waals surface area contributed by atoms with E-state index in [1.807, 2.05) is 0 Å². The maximum absolute atomic E-state index is 10.4. The fourth-order valence-electron chi connectivity index (χ4n) is 4.84. The summed E-state index contributed by atoms with van der Waals surface area (Å²) in [5.41, 5.74) is 0. The lowest BCUT2D eigenvalue weighted by Crippen LogP contribution is -2.41. The van der Waals surface area contributed by atoms with E-state index in [9.17, 15) is 10.2 Å². The van der Waals surface area contributed by atoms with Gasteiger partial charge in [0.1, 0.15) is 0 Å². The summed E-state index contributed by atoms with van der Waals surface area (Å²) in [4.78, 5) is 0. The van der Waals surface area contributed by atoms with Gasteiger partial charge in [-0.25, -0.2) is 0 Å². The van der Waals surface area contributed by atoms with Gasteiger partial charge < -0.3 is 10.2 Å². The zero-order chi connectivity index (χ0) is 14.2. The van der Waals surface area contributed by atoms with Crippen LogP contribution >= 0.6 is 0 Å². The van der Waals surface area contributed by atoms with Gasteiger partial charge >= 0.3 is 0 Å². The molecule has 0 saturated heterocycles. The Balaban J connectivity index is 1.98. The van der Waals surface area contributed by atoms with Crippen LogP contribution in [0.3, 0.4) is 0 Å². The molecule has 8 atom stereocenters. The van der Waals surface area contributed by atoms with E-state index >= 15 is 0 Å². The first-order valence-electron chi connectivity index (χ1n) is 8.24. The molecule has 0 radical (unpaired) electrons. The molecule has 2 aliphatic carbocycles. The third kappa shape index (κ3) is 3.52. The third-order valence-corrected chi connectivity index (χ3v) is 5.70. The van der Waals surface area contributed by atoms with Crippen molar-refractivity contribution in [2.24, 2.45) is 35.5 Å². The number of aliphatic hydroxyl groups excluding tert-OH is 2. The van der Waals surface area contributed by atoms with Crippen LogP contribution in [0, 0.1) is 35.5 Å². The van der Waals surface area contributed by atoms with Crippen LogP contribution in [0.5, 0.6) is 0 Å². The Morgan fingerprint density at radius 1 is 0.684 bits per heavy atom. The Bertz CT molecular complexity index is 263. The highest BCUT2D eigenvalue weighted by Gasteiger charge is 2.38. The molecule has 0 aromatic carbocycles. The molecule has 2 N–H and O–H groups in total. The van der Waals surface area contributed by atoms with Gasteiger partial charge in [-0.05, 0) is 67.6 Å². The van der Waals surface area contributed by atoms with Crippen LogP contribution in [0.25, 0.3) is 0 Å². The minimum atomic E-state index is -0.157. The average molecular weight is 268 g/mol. The Labute approximate surface area is 118 Å². The van der Waals surface area contributed by atoms with Crippen molar-refractivity contribution in [2.45, 2.75) is 72.0 Å². The molecular formula is C17H32O2. The fraction of sp³-hybridized carbons (Fsp3) is 1.00. The molecule has 112 valence electrons. The molecule has 19 heavy (non-hydrogen) atoms. The zero-order valence-electron chi connectivity index (χ0n) is 13.0. The molecular weight excluding hydrogens is 236 g/mol. The van der Waals surface area contributed by atoms with Crippen molar-refractivity contribution < 1.29 is 10.2 Å². The summed E-state index contributed by atoms with van der Waals surface area (Å²) in [7, 11) is 0. The summed E-state index contributed by atoms with van der Waals surface area (Å²) < 4.78 is 0. The normalized spacial score (nSPS) is 52.1. The van der Waals surface area contributed by atoms with Crippen molar-refractivity contribution in [2.75, 3.05) is 0 Å². The number of hydrogen-bond acceptors (Lipinski definition) is 2. The van der Waals surface area contributed by atoms with Crippen LogP contribution in [0.2, 0.25) is 0 Å². The molecule has 8 unspecified atom stereocenters. The minimum Gasteiger partial charge on any atom is -0.393 e. The Morgan fingerprint density at radius 2 is 1.05 bits per heavy atom. The molecule has 0 aromatic heterocycles. The van der Waals surface area contributed by atoms with Crippen LogP contribution < -0.4 is 0 Å². The van der Waals surface area contributed by atoms with Gasteiger partial charge in [0.15, 0.2) is 0 Å². The molecule has 0 heterocycles. The first kappa shape index (κ1) is 15.3. The maximum atomic E-state index is 10.4. The van der Waals surface area contributed by atoms with Crippen molar-refractivity contribution in [3.63, 3.8) is 0 Å². The summed E-state index contributed by atoms with van der Waals surface area (Å²) in [5.74, 6) is 3.08. The maximum Gasteiger partial charge on any atom is 0.0594 e. The van der Waals surface area contributed by atoms with Crippen LogP contribution in [0.4, 0.5) is 0 Å². The second-order valence-electron chi connectivity index (χ2n) is 7.84. The fourth-order valence-corrected chi connectivity index (χ4v) is 4.84. The SMILES string of the molecule is CC1CC(C)C(O)C(CC2CC(C)CC(C)C2O)C1. The first-order chi connectivity index (χ1) is 8.88. The van der Waals surface area contributed by atoms with E-state index in [0.717, 1.165) is 43.9 Å². The van der Waals surface area contributed by atoms with Crippen molar-refractivity contribution in [3.05, 3.63) is 0 Å². The lowest BCUT2D eigenvalue weighted by molar-refractivity contribution is -0.0429. The lowest BCUT2D eigenvalue weighted by atomic mass is 9.66. The molecule has 2 rings (SSSR count). The monoisotopic (exact) mass is 268 g/mol. The van der Waals surface area contributed by atoms with Gasteiger partial charge in [0.25, 0.3) is 0 Å². The molecule has 0 bridgehead atoms. The highest BCUT2D eigenvalue weighted by molar-refractivity contribution is 4.89. The van der Waals surface area contributed by atoms with Crippen molar-refractivity contribution in [1.82, 2.24) is 0 Å². The van der Waals surface area contributed by atoms with Gasteiger partial charge in [-0.15, -0.1) is 0 Å². The molecule has 0 amide bonds. The predicted molar refractivity (Wildman–Crippen MR) is 78.7 cm³/mol. The smallest absolute Gasteiger partial charge is 0.0594 e. The van der Waals surface area contributed by atoms with E-state index in [-0.39, 0.29) is 12.2 Å². The van der Waals surface area contributed by atoms with Crippen molar-refractivity contribution in [3.8, 4) is 0 Å². The minimum absolute atomic E-state index is 0.157. The second-order valence-corrected chi connectivity index (χ2v) is 7.84. The third-order valence-electron chi connectivity index (χ3n) is 5.70.